The Morgan fingerprint density at radius 2 is 2.05 bits per heavy atom. The fraction of sp³-hybridized carbons (Fsp3) is 0.286. The largest absolute Gasteiger partial charge is 0.380 e. The molecular weight excluding hydrogens is 310 g/mol. The zero-order valence-electron chi connectivity index (χ0n) is 11.7. The van der Waals surface area contributed by atoms with Gasteiger partial charge >= 0.3 is 5.69 Å². The van der Waals surface area contributed by atoms with Crippen molar-refractivity contribution in [1.82, 2.24) is 0 Å². The number of rotatable bonds is 6. The molecule has 2 N–H and O–H groups in total. The maximum absolute atomic E-state index is 11.3. The van der Waals surface area contributed by atoms with Gasteiger partial charge in [0.15, 0.2) is 0 Å². The highest BCUT2D eigenvalue weighted by atomic mass is 35.5. The lowest BCUT2D eigenvalue weighted by Gasteiger charge is -2.15. The third-order valence-electron chi connectivity index (χ3n) is 2.98. The first kappa shape index (κ1) is 15.6. The molecule has 112 valence electrons. The summed E-state index contributed by atoms with van der Waals surface area (Å²) in [4.78, 5) is 12.0. The lowest BCUT2D eigenvalue weighted by Crippen LogP contribution is -2.09. The number of nitrogens with zero attached hydrogens (tertiary/aromatic N) is 1. The Hall–Kier alpha value is -1.79. The molecule has 0 saturated carbocycles. The molecule has 0 saturated heterocycles. The van der Waals surface area contributed by atoms with Gasteiger partial charge in [0.2, 0.25) is 0 Å². The molecule has 0 aliphatic heterocycles. The molecule has 2 aromatic rings. The third-order valence-corrected chi connectivity index (χ3v) is 4.39. The van der Waals surface area contributed by atoms with Crippen LogP contribution in [0.25, 0.3) is 0 Å². The summed E-state index contributed by atoms with van der Waals surface area (Å²) in [6.45, 7) is 4.48. The number of anilines is 2. The normalized spacial score (nSPS) is 12.0. The van der Waals surface area contributed by atoms with Gasteiger partial charge in [0.25, 0.3) is 0 Å². The predicted octanol–water partition coefficient (Wildman–Crippen LogP) is 4.91. The highest BCUT2D eigenvalue weighted by molar-refractivity contribution is 7.16. The van der Waals surface area contributed by atoms with Crippen LogP contribution in [0.4, 0.5) is 17.1 Å². The van der Waals surface area contributed by atoms with Crippen LogP contribution < -0.4 is 10.6 Å². The monoisotopic (exact) mass is 325 g/mol. The highest BCUT2D eigenvalue weighted by Crippen LogP contribution is 2.36. The van der Waals surface area contributed by atoms with E-state index in [4.69, 9.17) is 11.6 Å². The molecule has 1 aromatic carbocycles. The molecule has 0 amide bonds. The van der Waals surface area contributed by atoms with Crippen molar-refractivity contribution in [3.05, 3.63) is 49.7 Å². The van der Waals surface area contributed by atoms with Crippen molar-refractivity contribution < 1.29 is 4.92 Å². The van der Waals surface area contributed by atoms with E-state index in [-0.39, 0.29) is 16.7 Å². The summed E-state index contributed by atoms with van der Waals surface area (Å²) >= 11 is 7.39. The van der Waals surface area contributed by atoms with Crippen LogP contribution in [0.15, 0.2) is 30.3 Å². The van der Waals surface area contributed by atoms with Crippen LogP contribution in [0.3, 0.4) is 0 Å². The molecule has 1 heterocycles. The number of benzene rings is 1. The average molecular weight is 326 g/mol. The second-order valence-electron chi connectivity index (χ2n) is 4.50. The summed E-state index contributed by atoms with van der Waals surface area (Å²) < 4.78 is 0.703. The smallest absolute Gasteiger partial charge is 0.315 e. The van der Waals surface area contributed by atoms with Gasteiger partial charge in [-0.1, -0.05) is 17.7 Å². The van der Waals surface area contributed by atoms with Crippen LogP contribution in [0.2, 0.25) is 4.34 Å². The molecule has 0 fully saturated rings. The van der Waals surface area contributed by atoms with E-state index in [0.717, 1.165) is 4.88 Å². The van der Waals surface area contributed by atoms with Gasteiger partial charge in [0.05, 0.1) is 15.3 Å². The number of thiophene rings is 1. The summed E-state index contributed by atoms with van der Waals surface area (Å²) in [7, 11) is 0. The maximum Gasteiger partial charge on any atom is 0.315 e. The molecule has 0 bridgehead atoms. The van der Waals surface area contributed by atoms with Crippen LogP contribution in [0, 0.1) is 10.1 Å². The second kappa shape index (κ2) is 6.78. The fourth-order valence-corrected chi connectivity index (χ4v) is 3.12. The van der Waals surface area contributed by atoms with Crippen molar-refractivity contribution in [3.63, 3.8) is 0 Å². The van der Waals surface area contributed by atoms with Crippen molar-refractivity contribution in [2.24, 2.45) is 0 Å². The number of nitro groups is 1. The van der Waals surface area contributed by atoms with E-state index in [0.29, 0.717) is 22.3 Å². The number of hydrogen-bond acceptors (Lipinski definition) is 5. The van der Waals surface area contributed by atoms with Gasteiger partial charge in [-0.25, -0.2) is 0 Å². The Labute approximate surface area is 132 Å². The number of nitro benzene ring substituents is 1. The molecule has 0 spiro atoms. The minimum absolute atomic E-state index is 0.0573. The van der Waals surface area contributed by atoms with E-state index in [1.165, 1.54) is 11.3 Å². The molecule has 5 nitrogen and oxygen atoms in total. The minimum atomic E-state index is -0.367. The van der Waals surface area contributed by atoms with Crippen molar-refractivity contribution in [1.29, 1.82) is 0 Å². The molecule has 1 aromatic heterocycles. The molecule has 2 rings (SSSR count). The Morgan fingerprint density at radius 3 is 2.62 bits per heavy atom. The van der Waals surface area contributed by atoms with Gasteiger partial charge in [0, 0.05) is 11.4 Å². The summed E-state index contributed by atoms with van der Waals surface area (Å²) in [5, 5.41) is 17.6. The topological polar surface area (TPSA) is 67.2 Å². The summed E-state index contributed by atoms with van der Waals surface area (Å²) in [5.74, 6) is 0. The van der Waals surface area contributed by atoms with Gasteiger partial charge in [-0.3, -0.25) is 10.1 Å². The van der Waals surface area contributed by atoms with Crippen LogP contribution >= 0.6 is 22.9 Å². The van der Waals surface area contributed by atoms with Crippen LogP contribution in [-0.4, -0.2) is 11.5 Å². The van der Waals surface area contributed by atoms with E-state index in [2.05, 4.69) is 10.6 Å². The number of hydrogen-bond donors (Lipinski definition) is 2. The SMILES string of the molecule is CCNc1cccc(NC(C)c2ccc(Cl)s2)c1[N+](=O)[O-]. The van der Waals surface area contributed by atoms with Crippen molar-refractivity contribution in [2.45, 2.75) is 19.9 Å². The zero-order chi connectivity index (χ0) is 15.4. The number of para-hydroxylation sites is 1. The Morgan fingerprint density at radius 1 is 1.33 bits per heavy atom. The van der Waals surface area contributed by atoms with Crippen LogP contribution in [-0.2, 0) is 0 Å². The van der Waals surface area contributed by atoms with Crippen LogP contribution in [0.5, 0.6) is 0 Å². The molecule has 21 heavy (non-hydrogen) atoms. The molecule has 0 radical (unpaired) electrons. The molecule has 1 atom stereocenters. The molecule has 7 heteroatoms. The van der Waals surface area contributed by atoms with E-state index in [1.807, 2.05) is 26.0 Å². The van der Waals surface area contributed by atoms with Crippen molar-refractivity contribution in [3.8, 4) is 0 Å². The fourth-order valence-electron chi connectivity index (χ4n) is 2.06. The minimum Gasteiger partial charge on any atom is -0.380 e. The first-order valence-electron chi connectivity index (χ1n) is 6.56. The first-order valence-corrected chi connectivity index (χ1v) is 7.75. The maximum atomic E-state index is 11.3. The van der Waals surface area contributed by atoms with E-state index < -0.39 is 0 Å². The Kier molecular flexibility index (Phi) is 5.03. The van der Waals surface area contributed by atoms with Gasteiger partial charge in [-0.05, 0) is 38.1 Å². The van der Waals surface area contributed by atoms with Crippen molar-refractivity contribution >= 4 is 40.0 Å². The Bertz CT molecular complexity index is 645. The molecule has 0 aliphatic rings. The summed E-state index contributed by atoms with van der Waals surface area (Å²) in [5.41, 5.74) is 1.08. The second-order valence-corrected chi connectivity index (χ2v) is 6.24. The molecule has 0 aliphatic carbocycles. The van der Waals surface area contributed by atoms with E-state index in [1.54, 1.807) is 18.2 Å². The quantitative estimate of drug-likeness (QED) is 0.584. The van der Waals surface area contributed by atoms with Crippen LogP contribution in [0.1, 0.15) is 24.8 Å². The summed E-state index contributed by atoms with van der Waals surface area (Å²) in [6.07, 6.45) is 0. The summed E-state index contributed by atoms with van der Waals surface area (Å²) in [6, 6.07) is 8.90. The lowest BCUT2D eigenvalue weighted by atomic mass is 10.2. The molecular formula is C14H16ClN3O2S. The van der Waals surface area contributed by atoms with Gasteiger partial charge in [-0.2, -0.15) is 0 Å². The Balaban J connectivity index is 2.30. The zero-order valence-corrected chi connectivity index (χ0v) is 13.3. The standard InChI is InChI=1S/C14H16ClN3O2S/c1-3-16-10-5-4-6-11(14(10)18(19)20)17-9(2)12-7-8-13(15)21-12/h4-9,16-17H,3H2,1-2H3. The highest BCUT2D eigenvalue weighted by Gasteiger charge is 2.21. The van der Waals surface area contributed by atoms with E-state index in [9.17, 15) is 10.1 Å². The average Bonchev–Trinajstić information content (AvgIpc) is 2.86. The van der Waals surface area contributed by atoms with E-state index >= 15 is 0 Å². The third kappa shape index (κ3) is 3.65. The van der Waals surface area contributed by atoms with Gasteiger partial charge in [-0.15, -0.1) is 11.3 Å². The molecule has 1 unspecified atom stereocenters. The van der Waals surface area contributed by atoms with Crippen molar-refractivity contribution in [2.75, 3.05) is 17.2 Å². The van der Waals surface area contributed by atoms with Gasteiger partial charge in [0.1, 0.15) is 11.4 Å². The number of nitrogens with one attached hydrogen (secondary N) is 2. The number of halogens is 1. The lowest BCUT2D eigenvalue weighted by molar-refractivity contribution is -0.383. The van der Waals surface area contributed by atoms with Gasteiger partial charge < -0.3 is 10.6 Å². The first-order chi connectivity index (χ1) is 10.0. The predicted molar refractivity (Wildman–Crippen MR) is 88.6 cm³/mol.